The second-order valence-electron chi connectivity index (χ2n) is 10.3. The molecule has 5 rings (SSSR count). The fourth-order valence-corrected chi connectivity index (χ4v) is 7.43. The minimum absolute atomic E-state index is 0.0614. The maximum Gasteiger partial charge on any atom is 0.251 e. The van der Waals surface area contributed by atoms with Crippen LogP contribution in [0.25, 0.3) is 10.2 Å². The third kappa shape index (κ3) is 6.26. The van der Waals surface area contributed by atoms with Gasteiger partial charge < -0.3 is 19.7 Å². The maximum atomic E-state index is 12.9. The van der Waals surface area contributed by atoms with E-state index in [1.165, 1.54) is 22.0 Å². The number of rotatable bonds is 10. The Bertz CT molecular complexity index is 1430. The smallest absolute Gasteiger partial charge is 0.251 e. The number of hydrogen-bond acceptors (Lipinski definition) is 9. The molecule has 1 amide bonds. The molecule has 40 heavy (non-hydrogen) atoms. The van der Waals surface area contributed by atoms with Crippen molar-refractivity contribution in [2.45, 2.75) is 30.8 Å². The summed E-state index contributed by atoms with van der Waals surface area (Å²) in [7, 11) is -0.399. The van der Waals surface area contributed by atoms with Crippen LogP contribution in [-0.4, -0.2) is 101 Å². The Balaban J connectivity index is 1.08. The number of likely N-dealkylation sites (N-methyl/N-ethyl adjacent to an activating group) is 1. The number of carbonyl (C=O) groups excluding carboxylic acids is 1. The molecular weight excluding hydrogens is 550 g/mol. The van der Waals surface area contributed by atoms with Crippen molar-refractivity contribution in [2.75, 3.05) is 71.5 Å². The predicted octanol–water partition coefficient (Wildman–Crippen LogP) is 2.96. The highest BCUT2D eigenvalue weighted by Gasteiger charge is 2.26. The number of carbonyl (C=O) groups is 1. The van der Waals surface area contributed by atoms with Crippen molar-refractivity contribution in [1.82, 2.24) is 19.5 Å². The Morgan fingerprint density at radius 3 is 2.60 bits per heavy atom. The van der Waals surface area contributed by atoms with E-state index >= 15 is 0 Å². The van der Waals surface area contributed by atoms with Gasteiger partial charge in [0.15, 0.2) is 5.13 Å². The summed E-state index contributed by atoms with van der Waals surface area (Å²) in [6, 6.07) is 10.2. The van der Waals surface area contributed by atoms with E-state index in [1.807, 2.05) is 6.07 Å². The number of thiazole rings is 1. The molecule has 1 unspecified atom stereocenters. The Morgan fingerprint density at radius 1 is 1.18 bits per heavy atom. The van der Waals surface area contributed by atoms with Gasteiger partial charge in [0.1, 0.15) is 11.3 Å². The highest BCUT2D eigenvalue weighted by atomic mass is 32.2. The largest absolute Gasteiger partial charge is 0.494 e. The van der Waals surface area contributed by atoms with Crippen LogP contribution in [0.5, 0.6) is 5.75 Å². The molecule has 0 saturated carbocycles. The minimum Gasteiger partial charge on any atom is -0.494 e. The Hall–Kier alpha value is -2.77. The third-order valence-corrected chi connectivity index (χ3v) is 10.7. The normalized spacial score (nSPS) is 18.5. The van der Waals surface area contributed by atoms with E-state index in [-0.39, 0.29) is 16.9 Å². The summed E-state index contributed by atoms with van der Waals surface area (Å²) in [4.78, 5) is 22.4. The predicted molar refractivity (Wildman–Crippen MR) is 157 cm³/mol. The third-order valence-electron chi connectivity index (χ3n) is 7.58. The Morgan fingerprint density at radius 2 is 1.93 bits per heavy atom. The van der Waals surface area contributed by atoms with Crippen molar-refractivity contribution in [3.63, 3.8) is 0 Å². The lowest BCUT2D eigenvalue weighted by Gasteiger charge is -2.34. The van der Waals surface area contributed by atoms with Gasteiger partial charge in [0.05, 0.1) is 22.8 Å². The maximum absolute atomic E-state index is 12.9. The molecule has 0 aliphatic carbocycles. The molecule has 2 saturated heterocycles. The van der Waals surface area contributed by atoms with Gasteiger partial charge in [-0.15, -0.1) is 0 Å². The van der Waals surface area contributed by atoms with Crippen molar-refractivity contribution in [1.29, 1.82) is 0 Å². The molecule has 2 aromatic carbocycles. The number of benzene rings is 2. The van der Waals surface area contributed by atoms with Gasteiger partial charge in [-0.1, -0.05) is 17.4 Å². The number of nitrogens with one attached hydrogen (secondary N) is 1. The summed E-state index contributed by atoms with van der Waals surface area (Å²) >= 11 is 1.70. The highest BCUT2D eigenvalue weighted by molar-refractivity contribution is 7.89. The first-order valence-corrected chi connectivity index (χ1v) is 15.9. The topological polar surface area (TPSA) is 104 Å². The summed E-state index contributed by atoms with van der Waals surface area (Å²) in [5, 5.41) is 3.97. The van der Waals surface area contributed by atoms with Crippen molar-refractivity contribution < 1.29 is 22.7 Å². The van der Waals surface area contributed by atoms with E-state index in [2.05, 4.69) is 28.1 Å². The van der Waals surface area contributed by atoms with E-state index in [1.54, 1.807) is 37.6 Å². The van der Waals surface area contributed by atoms with Crippen LogP contribution in [-0.2, 0) is 14.8 Å². The molecule has 216 valence electrons. The van der Waals surface area contributed by atoms with Crippen LogP contribution in [0.4, 0.5) is 5.13 Å². The minimum atomic E-state index is -3.64. The number of aryl methyl sites for hydroxylation is 1. The molecule has 0 bridgehead atoms. The lowest BCUT2D eigenvalue weighted by Crippen LogP contribution is -2.48. The summed E-state index contributed by atoms with van der Waals surface area (Å²) in [5.41, 5.74) is 2.56. The van der Waals surface area contributed by atoms with Crippen LogP contribution in [0.3, 0.4) is 0 Å². The number of hydrogen-bond donors (Lipinski definition) is 1. The summed E-state index contributed by atoms with van der Waals surface area (Å²) in [6.07, 6.45) is 1.76. The first-order valence-electron chi connectivity index (χ1n) is 13.6. The van der Waals surface area contributed by atoms with Crippen LogP contribution in [0.15, 0.2) is 41.3 Å². The van der Waals surface area contributed by atoms with E-state index in [0.29, 0.717) is 25.3 Å². The molecule has 10 nitrogen and oxygen atoms in total. The molecule has 3 aromatic rings. The van der Waals surface area contributed by atoms with Gasteiger partial charge in [0.25, 0.3) is 5.91 Å². The van der Waals surface area contributed by atoms with Gasteiger partial charge in [-0.05, 0) is 55.7 Å². The highest BCUT2D eigenvalue weighted by Crippen LogP contribution is 2.36. The number of fused-ring (bicyclic) bond motifs is 1. The quantitative estimate of drug-likeness (QED) is 0.386. The zero-order valence-electron chi connectivity index (χ0n) is 23.3. The number of ether oxygens (including phenoxy) is 2. The van der Waals surface area contributed by atoms with Crippen molar-refractivity contribution in [3.05, 3.63) is 47.5 Å². The van der Waals surface area contributed by atoms with Gasteiger partial charge in [-0.25, -0.2) is 13.4 Å². The number of methoxy groups -OCH3 is 1. The van der Waals surface area contributed by atoms with Crippen LogP contribution in [0.2, 0.25) is 0 Å². The van der Waals surface area contributed by atoms with Crippen molar-refractivity contribution >= 4 is 42.6 Å². The summed E-state index contributed by atoms with van der Waals surface area (Å²) < 4.78 is 39.4. The number of piperazine rings is 1. The van der Waals surface area contributed by atoms with Crippen LogP contribution < -0.4 is 15.0 Å². The lowest BCUT2D eigenvalue weighted by molar-refractivity contribution is 0.0947. The molecule has 0 spiro atoms. The SMILES string of the molecule is COc1ccc(C)c2sc(N3CCN(CCNC(=O)c4ccc(S(=O)(=O)N(C)CC5CCCO5)cc4)CC3)nc12. The molecule has 1 atom stereocenters. The first kappa shape index (κ1) is 28.7. The fraction of sp³-hybridized carbons (Fsp3) is 0.500. The molecule has 2 aliphatic heterocycles. The van der Waals surface area contributed by atoms with Crippen molar-refractivity contribution in [3.8, 4) is 5.75 Å². The Kier molecular flexibility index (Phi) is 8.91. The van der Waals surface area contributed by atoms with E-state index < -0.39 is 10.0 Å². The molecule has 0 radical (unpaired) electrons. The number of sulfonamides is 1. The molecule has 12 heteroatoms. The average molecular weight is 588 g/mol. The first-order chi connectivity index (χ1) is 19.3. The zero-order chi connectivity index (χ0) is 28.3. The number of nitrogens with zero attached hydrogens (tertiary/aromatic N) is 4. The summed E-state index contributed by atoms with van der Waals surface area (Å²) in [6.45, 7) is 7.86. The average Bonchev–Trinajstić information content (AvgIpc) is 3.65. The monoisotopic (exact) mass is 587 g/mol. The van der Waals surface area contributed by atoms with Crippen LogP contribution in [0.1, 0.15) is 28.8 Å². The van der Waals surface area contributed by atoms with Crippen LogP contribution >= 0.6 is 11.3 Å². The van der Waals surface area contributed by atoms with E-state index in [4.69, 9.17) is 14.5 Å². The number of aromatic nitrogens is 1. The van der Waals surface area contributed by atoms with Crippen LogP contribution in [0, 0.1) is 6.92 Å². The molecular formula is C28H37N5O5S2. The van der Waals surface area contributed by atoms with E-state index in [0.717, 1.165) is 66.7 Å². The molecule has 2 aliphatic rings. The van der Waals surface area contributed by atoms with Gasteiger partial charge in [0, 0.05) is 65.0 Å². The fourth-order valence-electron chi connectivity index (χ4n) is 5.12. The molecule has 1 N–H and O–H groups in total. The molecule has 1 aromatic heterocycles. The second-order valence-corrected chi connectivity index (χ2v) is 13.3. The molecule has 3 heterocycles. The lowest BCUT2D eigenvalue weighted by atomic mass is 10.2. The number of anilines is 1. The van der Waals surface area contributed by atoms with Gasteiger partial charge in [-0.3, -0.25) is 9.69 Å². The molecule has 2 fully saturated rings. The zero-order valence-corrected chi connectivity index (χ0v) is 24.9. The number of amides is 1. The van der Waals surface area contributed by atoms with E-state index in [9.17, 15) is 13.2 Å². The standard InChI is InChI=1S/C28H37N5O5S2/c1-20-6-11-24(37-3)25-26(20)39-28(30-25)33-16-14-32(15-17-33)13-12-29-27(34)21-7-9-23(10-8-21)40(35,36)31(2)19-22-5-4-18-38-22/h6-11,22H,4-5,12-19H2,1-3H3,(H,29,34). The van der Waals surface area contributed by atoms with Crippen molar-refractivity contribution in [2.24, 2.45) is 0 Å². The Labute approximate surface area is 239 Å². The summed E-state index contributed by atoms with van der Waals surface area (Å²) in [5.74, 6) is 0.588. The van der Waals surface area contributed by atoms with Gasteiger partial charge in [-0.2, -0.15) is 4.31 Å². The van der Waals surface area contributed by atoms with Gasteiger partial charge in [0.2, 0.25) is 10.0 Å². The van der Waals surface area contributed by atoms with Gasteiger partial charge >= 0.3 is 0 Å². The second kappa shape index (κ2) is 12.4.